The van der Waals surface area contributed by atoms with E-state index in [-0.39, 0.29) is 0 Å². The molecule has 0 amide bonds. The topological polar surface area (TPSA) is 23.5 Å². The molecule has 3 heterocycles. The Morgan fingerprint density at radius 3 is 1.35 bits per heavy atom. The summed E-state index contributed by atoms with van der Waals surface area (Å²) in [5, 5.41) is 6.91. The molecule has 0 fully saturated rings. The van der Waals surface area contributed by atoms with Gasteiger partial charge in [0, 0.05) is 49.4 Å². The molecular formula is C50H29N5. The van der Waals surface area contributed by atoms with E-state index in [9.17, 15) is 0 Å². The SMILES string of the molecule is [C-]#[N+]c1ccc(-c2ccccc2-n2c3ccccc3c3cc(-n4c5ccccc5c5ccccc54)ccc32)c(-n2c3ccccc3c3cc([N+]#[C-])ccc32)c1. The van der Waals surface area contributed by atoms with Crippen LogP contribution < -0.4 is 0 Å². The monoisotopic (exact) mass is 699 g/mol. The van der Waals surface area contributed by atoms with Crippen molar-refractivity contribution in [2.45, 2.75) is 0 Å². The fraction of sp³-hybridized carbons (Fsp3) is 0. The van der Waals surface area contributed by atoms with Crippen LogP contribution in [0.2, 0.25) is 0 Å². The molecule has 0 aliphatic carbocycles. The maximum Gasteiger partial charge on any atom is 0.189 e. The Morgan fingerprint density at radius 1 is 0.309 bits per heavy atom. The van der Waals surface area contributed by atoms with Gasteiger partial charge in [-0.1, -0.05) is 109 Å². The minimum Gasteiger partial charge on any atom is -0.310 e. The quantitative estimate of drug-likeness (QED) is 0.163. The highest BCUT2D eigenvalue weighted by Crippen LogP contribution is 2.43. The summed E-state index contributed by atoms with van der Waals surface area (Å²) < 4.78 is 7.02. The Hall–Kier alpha value is -7.86. The lowest BCUT2D eigenvalue weighted by molar-refractivity contribution is 1.16. The molecule has 5 heteroatoms. The molecule has 254 valence electrons. The van der Waals surface area contributed by atoms with Crippen molar-refractivity contribution in [2.24, 2.45) is 0 Å². The smallest absolute Gasteiger partial charge is 0.189 e. The van der Waals surface area contributed by atoms with E-state index in [0.29, 0.717) is 11.4 Å². The van der Waals surface area contributed by atoms with Crippen LogP contribution in [0.4, 0.5) is 11.4 Å². The predicted octanol–water partition coefficient (Wildman–Crippen LogP) is 13.7. The van der Waals surface area contributed by atoms with Crippen LogP contribution in [-0.4, -0.2) is 13.7 Å². The minimum atomic E-state index is 0.564. The van der Waals surface area contributed by atoms with Crippen molar-refractivity contribution in [1.82, 2.24) is 13.7 Å². The first-order valence-corrected chi connectivity index (χ1v) is 18.3. The van der Waals surface area contributed by atoms with Gasteiger partial charge in [-0.15, -0.1) is 0 Å². The predicted molar refractivity (Wildman–Crippen MR) is 227 cm³/mol. The van der Waals surface area contributed by atoms with E-state index in [1.54, 1.807) is 0 Å². The van der Waals surface area contributed by atoms with Gasteiger partial charge in [0.05, 0.1) is 51.9 Å². The normalized spacial score (nSPS) is 11.6. The van der Waals surface area contributed by atoms with Gasteiger partial charge in [0.25, 0.3) is 0 Å². The van der Waals surface area contributed by atoms with Crippen LogP contribution in [0, 0.1) is 13.1 Å². The molecule has 0 spiro atoms. The second kappa shape index (κ2) is 11.8. The van der Waals surface area contributed by atoms with Crippen molar-refractivity contribution >= 4 is 76.8 Å². The molecule has 0 radical (unpaired) electrons. The van der Waals surface area contributed by atoms with Crippen LogP contribution in [0.15, 0.2) is 176 Å². The van der Waals surface area contributed by atoms with Crippen molar-refractivity contribution in [3.63, 3.8) is 0 Å². The average Bonchev–Trinajstić information content (AvgIpc) is 3.88. The summed E-state index contributed by atoms with van der Waals surface area (Å²) in [5.74, 6) is 0. The first kappa shape index (κ1) is 30.7. The zero-order valence-corrected chi connectivity index (χ0v) is 29.5. The second-order valence-corrected chi connectivity index (χ2v) is 13.9. The van der Waals surface area contributed by atoms with Crippen molar-refractivity contribution in [3.8, 4) is 28.2 Å². The summed E-state index contributed by atoms with van der Waals surface area (Å²) in [4.78, 5) is 7.61. The first-order chi connectivity index (χ1) is 27.2. The molecule has 5 nitrogen and oxygen atoms in total. The van der Waals surface area contributed by atoms with Crippen LogP contribution in [0.1, 0.15) is 0 Å². The summed E-state index contributed by atoms with van der Waals surface area (Å²) in [7, 11) is 0. The van der Waals surface area contributed by atoms with Gasteiger partial charge in [-0.25, -0.2) is 9.69 Å². The Labute approximate surface area is 316 Å². The molecule has 8 aromatic carbocycles. The van der Waals surface area contributed by atoms with E-state index in [0.717, 1.165) is 61.0 Å². The first-order valence-electron chi connectivity index (χ1n) is 18.3. The standard InChI is InChI=1S/C50H29N5/c1-51-32-24-27-48-41(29-32)38-16-6-12-22-47(38)55(48)50-30-33(52-2)23-26-40(50)37-15-5-10-20-45(37)54-46-21-11-7-17-39(46)42-31-34(25-28-49(42)54)53-43-18-8-3-13-35(43)36-14-4-9-19-44(36)53/h3-31H. The van der Waals surface area contributed by atoms with E-state index in [1.165, 1.54) is 32.6 Å². The Kier molecular flexibility index (Phi) is 6.61. The second-order valence-electron chi connectivity index (χ2n) is 13.9. The summed E-state index contributed by atoms with van der Waals surface area (Å²) >= 11 is 0. The molecule has 0 aliphatic rings. The van der Waals surface area contributed by atoms with Crippen LogP contribution in [0.3, 0.4) is 0 Å². The van der Waals surface area contributed by atoms with Crippen molar-refractivity contribution in [3.05, 3.63) is 199 Å². The van der Waals surface area contributed by atoms with Crippen LogP contribution in [0.25, 0.3) is 103 Å². The molecule has 0 atom stereocenters. The minimum absolute atomic E-state index is 0.564. The lowest BCUT2D eigenvalue weighted by Gasteiger charge is -2.19. The number of hydrogen-bond donors (Lipinski definition) is 0. The lowest BCUT2D eigenvalue weighted by Crippen LogP contribution is -2.01. The number of nitrogens with zero attached hydrogens (tertiary/aromatic N) is 5. The maximum atomic E-state index is 7.99. The zero-order chi connectivity index (χ0) is 36.6. The third-order valence-electron chi connectivity index (χ3n) is 11.1. The van der Waals surface area contributed by atoms with Crippen molar-refractivity contribution in [1.29, 1.82) is 0 Å². The molecular weight excluding hydrogens is 671 g/mol. The summed E-state index contributed by atoms with van der Waals surface area (Å²) in [5.41, 5.74) is 12.9. The number of aromatic nitrogens is 3. The molecule has 0 saturated heterocycles. The molecule has 3 aromatic heterocycles. The molecule has 11 aromatic rings. The van der Waals surface area contributed by atoms with E-state index < -0.39 is 0 Å². The third kappa shape index (κ3) is 4.45. The Balaban J connectivity index is 1.18. The van der Waals surface area contributed by atoms with E-state index in [2.05, 4.69) is 157 Å². The molecule has 11 rings (SSSR count). The Morgan fingerprint density at radius 2 is 0.727 bits per heavy atom. The molecule has 0 bridgehead atoms. The average molecular weight is 700 g/mol. The van der Waals surface area contributed by atoms with Crippen LogP contribution in [0.5, 0.6) is 0 Å². The fourth-order valence-corrected chi connectivity index (χ4v) is 8.75. The van der Waals surface area contributed by atoms with Gasteiger partial charge in [-0.3, -0.25) is 0 Å². The highest BCUT2D eigenvalue weighted by Gasteiger charge is 2.21. The third-order valence-corrected chi connectivity index (χ3v) is 11.1. The van der Waals surface area contributed by atoms with Crippen LogP contribution in [-0.2, 0) is 0 Å². The van der Waals surface area contributed by atoms with Gasteiger partial charge in [0.2, 0.25) is 0 Å². The van der Waals surface area contributed by atoms with Gasteiger partial charge < -0.3 is 13.7 Å². The van der Waals surface area contributed by atoms with Gasteiger partial charge in [-0.05, 0) is 72.1 Å². The molecule has 0 N–H and O–H groups in total. The largest absolute Gasteiger partial charge is 0.310 e. The van der Waals surface area contributed by atoms with Crippen molar-refractivity contribution < 1.29 is 0 Å². The summed E-state index contributed by atoms with van der Waals surface area (Å²) in [6.45, 7) is 15.7. The molecule has 55 heavy (non-hydrogen) atoms. The van der Waals surface area contributed by atoms with Gasteiger partial charge in [0.1, 0.15) is 0 Å². The number of fused-ring (bicyclic) bond motifs is 9. The highest BCUT2D eigenvalue weighted by atomic mass is 15.0. The zero-order valence-electron chi connectivity index (χ0n) is 29.5. The van der Waals surface area contributed by atoms with E-state index in [1.807, 2.05) is 42.5 Å². The van der Waals surface area contributed by atoms with Gasteiger partial charge >= 0.3 is 0 Å². The summed E-state index contributed by atoms with van der Waals surface area (Å²) in [6, 6.07) is 61.5. The Bertz CT molecular complexity index is 3420. The molecule has 0 unspecified atom stereocenters. The van der Waals surface area contributed by atoms with Crippen molar-refractivity contribution in [2.75, 3.05) is 0 Å². The number of benzene rings is 8. The van der Waals surface area contributed by atoms with E-state index >= 15 is 0 Å². The molecule has 0 aliphatic heterocycles. The molecule has 0 saturated carbocycles. The fourth-order valence-electron chi connectivity index (χ4n) is 8.75. The lowest BCUT2D eigenvalue weighted by atomic mass is 10.00. The number of hydrogen-bond acceptors (Lipinski definition) is 0. The van der Waals surface area contributed by atoms with Gasteiger partial charge in [-0.2, -0.15) is 0 Å². The van der Waals surface area contributed by atoms with E-state index in [4.69, 9.17) is 13.1 Å². The number of rotatable bonds is 4. The summed E-state index contributed by atoms with van der Waals surface area (Å²) in [6.07, 6.45) is 0. The van der Waals surface area contributed by atoms with Gasteiger partial charge in [0.15, 0.2) is 11.4 Å². The highest BCUT2D eigenvalue weighted by molar-refractivity contribution is 6.13. The number of para-hydroxylation sites is 5. The van der Waals surface area contributed by atoms with Crippen LogP contribution >= 0.6 is 0 Å². The maximum absolute atomic E-state index is 7.99.